The Morgan fingerprint density at radius 1 is 1.33 bits per heavy atom. The summed E-state index contributed by atoms with van der Waals surface area (Å²) in [4.78, 5) is 22.4. The van der Waals surface area contributed by atoms with Crippen LogP contribution in [0.15, 0.2) is 16.6 Å². The third-order valence-corrected chi connectivity index (χ3v) is 4.17. The highest BCUT2D eigenvalue weighted by Crippen LogP contribution is 2.24. The molecule has 0 saturated carbocycles. The molecule has 0 saturated heterocycles. The van der Waals surface area contributed by atoms with Gasteiger partial charge in [0.1, 0.15) is 0 Å². The molecular formula is C14H19BrN2O4. The topological polar surface area (TPSA) is 87.7 Å². The van der Waals surface area contributed by atoms with Gasteiger partial charge in [0.2, 0.25) is 0 Å². The lowest BCUT2D eigenvalue weighted by molar-refractivity contribution is -0.139. The Bertz CT molecular complexity index is 511. The van der Waals surface area contributed by atoms with Gasteiger partial charge in [-0.15, -0.1) is 0 Å². The molecule has 2 amide bonds. The lowest BCUT2D eigenvalue weighted by atomic mass is 10.1. The molecule has 0 spiro atoms. The van der Waals surface area contributed by atoms with Gasteiger partial charge in [-0.2, -0.15) is 0 Å². The zero-order chi connectivity index (χ0) is 16.0. The van der Waals surface area contributed by atoms with E-state index in [0.29, 0.717) is 5.69 Å². The summed E-state index contributed by atoms with van der Waals surface area (Å²) < 4.78 is 5.99. The van der Waals surface area contributed by atoms with E-state index in [1.54, 1.807) is 0 Å². The van der Waals surface area contributed by atoms with Crippen molar-refractivity contribution in [3.05, 3.63) is 27.7 Å². The van der Waals surface area contributed by atoms with Crippen LogP contribution in [0.5, 0.6) is 0 Å². The third-order valence-electron chi connectivity index (χ3n) is 2.92. The number of methoxy groups -OCH3 is 1. The van der Waals surface area contributed by atoms with Gasteiger partial charge in [0, 0.05) is 23.8 Å². The summed E-state index contributed by atoms with van der Waals surface area (Å²) in [6.07, 6.45) is -0.713. The first-order valence-electron chi connectivity index (χ1n) is 6.39. The molecule has 3 N–H and O–H groups in total. The average Bonchev–Trinajstić information content (AvgIpc) is 2.40. The first-order chi connectivity index (χ1) is 9.83. The zero-order valence-corrected chi connectivity index (χ0v) is 13.8. The number of ether oxygens (including phenoxy) is 1. The number of aryl methyl sites for hydroxylation is 2. The predicted molar refractivity (Wildman–Crippen MR) is 83.7 cm³/mol. The second-order valence-electron chi connectivity index (χ2n) is 4.71. The molecule has 1 aromatic rings. The fraction of sp³-hybridized carbons (Fsp3) is 0.429. The zero-order valence-electron chi connectivity index (χ0n) is 12.2. The van der Waals surface area contributed by atoms with Crippen LogP contribution >= 0.6 is 15.9 Å². The first-order valence-corrected chi connectivity index (χ1v) is 7.19. The van der Waals surface area contributed by atoms with Crippen LogP contribution in [-0.2, 0) is 9.53 Å². The number of carbonyl (C=O) groups excluding carboxylic acids is 1. The minimum atomic E-state index is -0.969. The Kier molecular flexibility index (Phi) is 6.64. The first kappa shape index (κ1) is 17.5. The number of hydrogen-bond donors (Lipinski definition) is 3. The van der Waals surface area contributed by atoms with Crippen LogP contribution in [0, 0.1) is 13.8 Å². The lowest BCUT2D eigenvalue weighted by Crippen LogP contribution is -2.37. The standard InChI is InChI=1S/C14H19BrN2O4/c1-8-4-10(5-9(2)13(8)15)17-14(20)16-7-11(21-3)6-12(18)19/h4-5,11H,6-7H2,1-3H3,(H,18,19)(H2,16,17,20). The van der Waals surface area contributed by atoms with Crippen molar-refractivity contribution in [1.82, 2.24) is 5.32 Å². The molecule has 1 unspecified atom stereocenters. The van der Waals surface area contributed by atoms with Crippen molar-refractivity contribution in [2.75, 3.05) is 19.0 Å². The molecule has 0 aliphatic heterocycles. The van der Waals surface area contributed by atoms with Gasteiger partial charge in [0.05, 0.1) is 12.5 Å². The molecule has 0 aliphatic rings. The minimum Gasteiger partial charge on any atom is -0.481 e. The molecule has 6 nitrogen and oxygen atoms in total. The number of carbonyl (C=O) groups is 2. The van der Waals surface area contributed by atoms with Gasteiger partial charge in [0.25, 0.3) is 0 Å². The molecule has 1 atom stereocenters. The molecule has 0 aromatic heterocycles. The fourth-order valence-electron chi connectivity index (χ4n) is 1.83. The summed E-state index contributed by atoms with van der Waals surface area (Å²) in [6, 6.07) is 3.30. The Hall–Kier alpha value is -1.60. The van der Waals surface area contributed by atoms with Crippen LogP contribution in [0.3, 0.4) is 0 Å². The van der Waals surface area contributed by atoms with E-state index >= 15 is 0 Å². The number of rotatable bonds is 6. The largest absolute Gasteiger partial charge is 0.481 e. The van der Waals surface area contributed by atoms with E-state index in [4.69, 9.17) is 9.84 Å². The van der Waals surface area contributed by atoms with E-state index in [1.807, 2.05) is 26.0 Å². The number of urea groups is 1. The number of carboxylic acids is 1. The quantitative estimate of drug-likeness (QED) is 0.729. The summed E-state index contributed by atoms with van der Waals surface area (Å²) in [5.74, 6) is -0.969. The second-order valence-corrected chi connectivity index (χ2v) is 5.51. The van der Waals surface area contributed by atoms with Gasteiger partial charge >= 0.3 is 12.0 Å². The molecule has 116 valence electrons. The average molecular weight is 359 g/mol. The van der Waals surface area contributed by atoms with Gasteiger partial charge in [-0.1, -0.05) is 15.9 Å². The van der Waals surface area contributed by atoms with Gasteiger partial charge in [-0.05, 0) is 37.1 Å². The number of amides is 2. The Morgan fingerprint density at radius 3 is 2.38 bits per heavy atom. The number of anilines is 1. The van der Waals surface area contributed by atoms with Crippen LogP contribution in [0.4, 0.5) is 10.5 Å². The summed E-state index contributed by atoms with van der Waals surface area (Å²) in [6.45, 7) is 4.01. The van der Waals surface area contributed by atoms with Crippen molar-refractivity contribution in [1.29, 1.82) is 0 Å². The van der Waals surface area contributed by atoms with Crippen LogP contribution in [0.2, 0.25) is 0 Å². The SMILES string of the molecule is COC(CNC(=O)Nc1cc(C)c(Br)c(C)c1)CC(=O)O. The van der Waals surface area contributed by atoms with E-state index < -0.39 is 18.1 Å². The number of benzene rings is 1. The monoisotopic (exact) mass is 358 g/mol. The van der Waals surface area contributed by atoms with Gasteiger partial charge in [0.15, 0.2) is 0 Å². The van der Waals surface area contributed by atoms with Crippen LogP contribution in [-0.4, -0.2) is 36.9 Å². The van der Waals surface area contributed by atoms with Crippen molar-refractivity contribution in [2.24, 2.45) is 0 Å². The maximum Gasteiger partial charge on any atom is 0.319 e. The molecule has 0 radical (unpaired) electrons. The van der Waals surface area contributed by atoms with Crippen molar-refractivity contribution >= 4 is 33.6 Å². The van der Waals surface area contributed by atoms with Crippen molar-refractivity contribution in [3.8, 4) is 0 Å². The molecule has 0 aliphatic carbocycles. The van der Waals surface area contributed by atoms with Crippen molar-refractivity contribution in [3.63, 3.8) is 0 Å². The normalized spacial score (nSPS) is 11.8. The maximum absolute atomic E-state index is 11.8. The van der Waals surface area contributed by atoms with E-state index in [9.17, 15) is 9.59 Å². The molecule has 0 fully saturated rings. The molecular weight excluding hydrogens is 340 g/mol. The molecule has 0 heterocycles. The molecule has 7 heteroatoms. The van der Waals surface area contributed by atoms with E-state index in [2.05, 4.69) is 26.6 Å². The Morgan fingerprint density at radius 2 is 1.90 bits per heavy atom. The summed E-state index contributed by atoms with van der Waals surface area (Å²) in [5.41, 5.74) is 2.72. The Balaban J connectivity index is 2.56. The number of halogens is 1. The highest BCUT2D eigenvalue weighted by atomic mass is 79.9. The minimum absolute atomic E-state index is 0.128. The van der Waals surface area contributed by atoms with Crippen molar-refractivity contribution < 1.29 is 19.4 Å². The van der Waals surface area contributed by atoms with Gasteiger partial charge in [-0.3, -0.25) is 4.79 Å². The highest BCUT2D eigenvalue weighted by molar-refractivity contribution is 9.10. The third kappa shape index (κ3) is 5.73. The predicted octanol–water partition coefficient (Wildman–Crippen LogP) is 2.68. The van der Waals surface area contributed by atoms with Crippen LogP contribution < -0.4 is 10.6 Å². The summed E-state index contributed by atoms with van der Waals surface area (Å²) in [5, 5.41) is 14.0. The van der Waals surface area contributed by atoms with E-state index in [0.717, 1.165) is 15.6 Å². The van der Waals surface area contributed by atoms with Crippen LogP contribution in [0.1, 0.15) is 17.5 Å². The number of nitrogens with one attached hydrogen (secondary N) is 2. The second kappa shape index (κ2) is 7.99. The van der Waals surface area contributed by atoms with Crippen LogP contribution in [0.25, 0.3) is 0 Å². The smallest absolute Gasteiger partial charge is 0.319 e. The fourth-order valence-corrected chi connectivity index (χ4v) is 2.06. The highest BCUT2D eigenvalue weighted by Gasteiger charge is 2.13. The number of carboxylic acid groups (broad SMARTS) is 1. The molecule has 0 bridgehead atoms. The number of aliphatic carboxylic acids is 1. The van der Waals surface area contributed by atoms with Gasteiger partial charge in [-0.25, -0.2) is 4.79 Å². The summed E-state index contributed by atoms with van der Waals surface area (Å²) in [7, 11) is 1.41. The van der Waals surface area contributed by atoms with E-state index in [-0.39, 0.29) is 13.0 Å². The molecule has 21 heavy (non-hydrogen) atoms. The molecule has 1 aromatic carbocycles. The lowest BCUT2D eigenvalue weighted by Gasteiger charge is -2.15. The maximum atomic E-state index is 11.8. The molecule has 1 rings (SSSR count). The van der Waals surface area contributed by atoms with Crippen molar-refractivity contribution in [2.45, 2.75) is 26.4 Å². The van der Waals surface area contributed by atoms with Gasteiger partial charge < -0.3 is 20.5 Å². The number of hydrogen-bond acceptors (Lipinski definition) is 3. The Labute approximate surface area is 132 Å². The summed E-state index contributed by atoms with van der Waals surface area (Å²) >= 11 is 3.46. The van der Waals surface area contributed by atoms with E-state index in [1.165, 1.54) is 7.11 Å².